The summed E-state index contributed by atoms with van der Waals surface area (Å²) < 4.78 is 10.5. The van der Waals surface area contributed by atoms with E-state index < -0.39 is 0 Å². The summed E-state index contributed by atoms with van der Waals surface area (Å²) in [6.45, 7) is 0.650. The summed E-state index contributed by atoms with van der Waals surface area (Å²) in [5.74, 6) is 0.690. The van der Waals surface area contributed by atoms with E-state index in [1.165, 1.54) is 11.3 Å². The van der Waals surface area contributed by atoms with Crippen molar-refractivity contribution in [2.24, 2.45) is 0 Å². The third kappa shape index (κ3) is 3.61. The lowest BCUT2D eigenvalue weighted by Gasteiger charge is -2.07. The fourth-order valence-electron chi connectivity index (χ4n) is 2.26. The molecule has 1 aromatic carbocycles. The maximum absolute atomic E-state index is 11.9. The number of hydrogen-bond donors (Lipinski definition) is 1. The number of aromatic nitrogens is 2. The molecule has 0 aliphatic carbocycles. The van der Waals surface area contributed by atoms with Gasteiger partial charge in [0.15, 0.2) is 0 Å². The first kappa shape index (κ1) is 14.9. The highest BCUT2D eigenvalue weighted by atomic mass is 32.1. The molecule has 3 rings (SSSR count). The maximum Gasteiger partial charge on any atom is 0.255 e. The minimum atomic E-state index is -0.353. The highest BCUT2D eigenvalue weighted by Crippen LogP contribution is 2.21. The zero-order chi connectivity index (χ0) is 15.4. The Bertz CT molecular complexity index is 636. The van der Waals surface area contributed by atoms with Gasteiger partial charge in [0.25, 0.3) is 5.91 Å². The van der Waals surface area contributed by atoms with Crippen molar-refractivity contribution in [1.29, 1.82) is 0 Å². The molecule has 22 heavy (non-hydrogen) atoms. The molecule has 1 amide bonds. The van der Waals surface area contributed by atoms with Crippen molar-refractivity contribution < 1.29 is 14.3 Å². The topological polar surface area (TPSA) is 73.3 Å². The number of methoxy groups -OCH3 is 1. The molecule has 2 aromatic rings. The molecule has 0 unspecified atom stereocenters. The van der Waals surface area contributed by atoms with Gasteiger partial charge in [-0.15, -0.1) is 10.2 Å². The summed E-state index contributed by atoms with van der Waals surface area (Å²) in [6.07, 6.45) is 2.02. The van der Waals surface area contributed by atoms with Gasteiger partial charge in [-0.2, -0.15) is 0 Å². The van der Waals surface area contributed by atoms with Crippen LogP contribution in [0.1, 0.15) is 23.4 Å². The van der Waals surface area contributed by atoms with Crippen LogP contribution in [0, 0.1) is 0 Å². The van der Waals surface area contributed by atoms with E-state index in [0.29, 0.717) is 18.2 Å². The lowest BCUT2D eigenvalue weighted by atomic mass is 10.1. The lowest BCUT2D eigenvalue weighted by molar-refractivity contribution is -0.124. The quantitative estimate of drug-likeness (QED) is 0.915. The van der Waals surface area contributed by atoms with Crippen LogP contribution in [-0.4, -0.2) is 35.9 Å². The van der Waals surface area contributed by atoms with Crippen LogP contribution in [0.2, 0.25) is 0 Å². The minimum absolute atomic E-state index is 0.135. The molecule has 1 fully saturated rings. The summed E-state index contributed by atoms with van der Waals surface area (Å²) in [6, 6.07) is 7.81. The third-order valence-electron chi connectivity index (χ3n) is 3.43. The first-order valence-corrected chi connectivity index (χ1v) is 7.94. The molecule has 7 heteroatoms. The first-order chi connectivity index (χ1) is 10.7. The van der Waals surface area contributed by atoms with Gasteiger partial charge in [-0.25, -0.2) is 0 Å². The van der Waals surface area contributed by atoms with E-state index >= 15 is 0 Å². The molecule has 0 radical (unpaired) electrons. The molecular weight excluding hydrogens is 302 g/mol. The largest absolute Gasteiger partial charge is 0.497 e. The minimum Gasteiger partial charge on any atom is -0.497 e. The van der Waals surface area contributed by atoms with E-state index in [4.69, 9.17) is 9.47 Å². The van der Waals surface area contributed by atoms with Gasteiger partial charge >= 0.3 is 0 Å². The van der Waals surface area contributed by atoms with Gasteiger partial charge in [0.2, 0.25) is 5.13 Å². The average Bonchev–Trinajstić information content (AvgIpc) is 3.20. The Morgan fingerprint density at radius 1 is 1.41 bits per heavy atom. The molecule has 1 atom stereocenters. The van der Waals surface area contributed by atoms with Gasteiger partial charge in [0, 0.05) is 13.0 Å². The second-order valence-corrected chi connectivity index (χ2v) is 6.08. The Morgan fingerprint density at radius 2 is 2.23 bits per heavy atom. The number of benzene rings is 1. The number of ether oxygens (including phenoxy) is 2. The van der Waals surface area contributed by atoms with E-state index in [1.54, 1.807) is 7.11 Å². The standard InChI is InChI=1S/C15H17N3O3S/c1-20-11-6-4-10(5-7-11)9-13-17-18-15(22-13)16-14(19)12-3-2-8-21-12/h4-7,12H,2-3,8-9H2,1H3,(H,16,18,19)/t12-/m0/s1. The SMILES string of the molecule is COc1ccc(Cc2nnc(NC(=O)[C@@H]3CCCO3)s2)cc1. The number of nitrogens with one attached hydrogen (secondary N) is 1. The van der Waals surface area contributed by atoms with Crippen molar-refractivity contribution in [3.05, 3.63) is 34.8 Å². The fourth-order valence-corrected chi connectivity index (χ4v) is 3.04. The predicted octanol–water partition coefficient (Wildman–Crippen LogP) is 2.25. The molecule has 0 saturated carbocycles. The molecule has 1 aromatic heterocycles. The van der Waals surface area contributed by atoms with E-state index in [1.807, 2.05) is 24.3 Å². The molecular formula is C15H17N3O3S. The van der Waals surface area contributed by atoms with Gasteiger partial charge in [-0.3, -0.25) is 10.1 Å². The molecule has 6 nitrogen and oxygen atoms in total. The van der Waals surface area contributed by atoms with Crippen molar-refractivity contribution in [3.63, 3.8) is 0 Å². The fraction of sp³-hybridized carbons (Fsp3) is 0.400. The molecule has 1 saturated heterocycles. The van der Waals surface area contributed by atoms with Crippen molar-refractivity contribution >= 4 is 22.4 Å². The lowest BCUT2D eigenvalue weighted by Crippen LogP contribution is -2.26. The molecule has 1 N–H and O–H groups in total. The van der Waals surface area contributed by atoms with Crippen LogP contribution >= 0.6 is 11.3 Å². The van der Waals surface area contributed by atoms with Crippen LogP contribution in [0.3, 0.4) is 0 Å². The Labute approximate surface area is 132 Å². The molecule has 0 bridgehead atoms. The second-order valence-electron chi connectivity index (χ2n) is 5.02. The van der Waals surface area contributed by atoms with E-state index in [-0.39, 0.29) is 12.0 Å². The molecule has 1 aliphatic heterocycles. The summed E-state index contributed by atoms with van der Waals surface area (Å²) >= 11 is 1.38. The monoisotopic (exact) mass is 319 g/mol. The molecule has 0 spiro atoms. The van der Waals surface area contributed by atoms with Crippen LogP contribution < -0.4 is 10.1 Å². The van der Waals surface area contributed by atoms with Gasteiger partial charge in [0.05, 0.1) is 7.11 Å². The Kier molecular flexibility index (Phi) is 4.65. The zero-order valence-electron chi connectivity index (χ0n) is 12.2. The predicted molar refractivity (Wildman–Crippen MR) is 83.3 cm³/mol. The maximum atomic E-state index is 11.9. The number of anilines is 1. The molecule has 2 heterocycles. The normalized spacial score (nSPS) is 17.4. The summed E-state index contributed by atoms with van der Waals surface area (Å²) in [7, 11) is 1.64. The number of carbonyl (C=O) groups is 1. The van der Waals surface area contributed by atoms with E-state index in [2.05, 4.69) is 15.5 Å². The zero-order valence-corrected chi connectivity index (χ0v) is 13.1. The van der Waals surface area contributed by atoms with Gasteiger partial charge in [0.1, 0.15) is 16.9 Å². The Hall–Kier alpha value is -1.99. The third-order valence-corrected chi connectivity index (χ3v) is 4.27. The molecule has 1 aliphatic rings. The van der Waals surface area contributed by atoms with Crippen LogP contribution in [0.4, 0.5) is 5.13 Å². The van der Waals surface area contributed by atoms with Crippen LogP contribution in [0.15, 0.2) is 24.3 Å². The van der Waals surface area contributed by atoms with Crippen molar-refractivity contribution in [1.82, 2.24) is 10.2 Å². The van der Waals surface area contributed by atoms with Gasteiger partial charge in [-0.05, 0) is 30.5 Å². The van der Waals surface area contributed by atoms with E-state index in [9.17, 15) is 4.79 Å². The number of nitrogens with zero attached hydrogens (tertiary/aromatic N) is 2. The number of hydrogen-bond acceptors (Lipinski definition) is 6. The highest BCUT2D eigenvalue weighted by Gasteiger charge is 2.24. The van der Waals surface area contributed by atoms with Gasteiger partial charge < -0.3 is 9.47 Å². The summed E-state index contributed by atoms with van der Waals surface area (Å²) in [5.41, 5.74) is 1.12. The number of amides is 1. The van der Waals surface area contributed by atoms with E-state index in [0.717, 1.165) is 29.2 Å². The van der Waals surface area contributed by atoms with Crippen LogP contribution in [0.25, 0.3) is 0 Å². The van der Waals surface area contributed by atoms with Crippen LogP contribution in [0.5, 0.6) is 5.75 Å². The number of carbonyl (C=O) groups excluding carboxylic acids is 1. The van der Waals surface area contributed by atoms with Crippen molar-refractivity contribution in [3.8, 4) is 5.75 Å². The Balaban J connectivity index is 1.59. The van der Waals surface area contributed by atoms with Gasteiger partial charge in [-0.1, -0.05) is 23.5 Å². The Morgan fingerprint density at radius 3 is 2.91 bits per heavy atom. The van der Waals surface area contributed by atoms with Crippen molar-refractivity contribution in [2.75, 3.05) is 19.0 Å². The first-order valence-electron chi connectivity index (χ1n) is 7.12. The highest BCUT2D eigenvalue weighted by molar-refractivity contribution is 7.15. The molecule has 116 valence electrons. The number of rotatable bonds is 5. The van der Waals surface area contributed by atoms with Crippen LogP contribution in [-0.2, 0) is 16.0 Å². The summed E-state index contributed by atoms with van der Waals surface area (Å²) in [5, 5.41) is 12.3. The second kappa shape index (κ2) is 6.85. The summed E-state index contributed by atoms with van der Waals surface area (Å²) in [4.78, 5) is 11.9. The smallest absolute Gasteiger partial charge is 0.255 e. The van der Waals surface area contributed by atoms with Crippen molar-refractivity contribution in [2.45, 2.75) is 25.4 Å². The average molecular weight is 319 g/mol.